The number of aromatic nitrogens is 1. The Labute approximate surface area is 196 Å². The highest BCUT2D eigenvalue weighted by Gasteiger charge is 2.25. The number of anilines is 1. The van der Waals surface area contributed by atoms with Crippen molar-refractivity contribution in [3.05, 3.63) is 88.9 Å². The molecule has 0 unspecified atom stereocenters. The number of sulfone groups is 1. The van der Waals surface area contributed by atoms with Crippen molar-refractivity contribution in [2.75, 3.05) is 4.90 Å². The Kier molecular flexibility index (Phi) is 6.33. The number of thiazole rings is 1. The van der Waals surface area contributed by atoms with Crippen LogP contribution in [0.3, 0.4) is 0 Å². The highest BCUT2D eigenvalue weighted by atomic mass is 35.5. The van der Waals surface area contributed by atoms with Crippen molar-refractivity contribution in [2.45, 2.75) is 30.5 Å². The molecule has 164 valence electrons. The Morgan fingerprint density at radius 1 is 1.03 bits per heavy atom. The third-order valence-corrected chi connectivity index (χ3v) is 8.46. The van der Waals surface area contributed by atoms with E-state index in [1.54, 1.807) is 36.9 Å². The van der Waals surface area contributed by atoms with Crippen molar-refractivity contribution < 1.29 is 13.2 Å². The molecule has 1 amide bonds. The zero-order valence-electron chi connectivity index (χ0n) is 17.5. The standard InChI is InChI=1S/C24H21ClN2O3S2/c1-16(2)32(29,30)20-10-6-9-18(13-20)23(28)27(15-17-7-4-3-5-8-17)24-26-21-12-11-19(25)14-22(21)31-24/h3-14,16H,15H2,1-2H3. The van der Waals surface area contributed by atoms with Gasteiger partial charge in [-0.15, -0.1) is 0 Å². The van der Waals surface area contributed by atoms with Crippen LogP contribution in [0.5, 0.6) is 0 Å². The summed E-state index contributed by atoms with van der Waals surface area (Å²) in [6.07, 6.45) is 0. The van der Waals surface area contributed by atoms with Gasteiger partial charge in [-0.1, -0.05) is 59.3 Å². The summed E-state index contributed by atoms with van der Waals surface area (Å²) < 4.78 is 26.1. The number of hydrogen-bond donors (Lipinski definition) is 0. The number of fused-ring (bicyclic) bond motifs is 1. The number of carbonyl (C=O) groups excluding carboxylic acids is 1. The van der Waals surface area contributed by atoms with Gasteiger partial charge in [-0.05, 0) is 55.8 Å². The van der Waals surface area contributed by atoms with E-state index in [1.807, 2.05) is 42.5 Å². The first-order valence-corrected chi connectivity index (χ1v) is 12.8. The smallest absolute Gasteiger partial charge is 0.260 e. The third-order valence-electron chi connectivity index (χ3n) is 5.03. The predicted molar refractivity (Wildman–Crippen MR) is 130 cm³/mol. The summed E-state index contributed by atoms with van der Waals surface area (Å²) in [5, 5.41) is 0.538. The summed E-state index contributed by atoms with van der Waals surface area (Å²) in [6.45, 7) is 3.55. The minimum absolute atomic E-state index is 0.133. The lowest BCUT2D eigenvalue weighted by Gasteiger charge is -2.20. The van der Waals surface area contributed by atoms with Gasteiger partial charge < -0.3 is 0 Å². The summed E-state index contributed by atoms with van der Waals surface area (Å²) in [5.74, 6) is -0.320. The minimum Gasteiger partial charge on any atom is -0.279 e. The third kappa shape index (κ3) is 4.55. The molecule has 1 aromatic heterocycles. The van der Waals surface area contributed by atoms with Crippen LogP contribution in [0.4, 0.5) is 5.13 Å². The van der Waals surface area contributed by atoms with Crippen molar-refractivity contribution in [1.82, 2.24) is 4.98 Å². The maximum absolute atomic E-state index is 13.6. The SMILES string of the molecule is CC(C)S(=O)(=O)c1cccc(C(=O)N(Cc2ccccc2)c2nc3ccc(Cl)cc3s2)c1. The quantitative estimate of drug-likeness (QED) is 0.337. The first kappa shape index (κ1) is 22.5. The number of nitrogens with zero attached hydrogens (tertiary/aromatic N) is 2. The van der Waals surface area contributed by atoms with Crippen LogP contribution in [0.15, 0.2) is 77.7 Å². The summed E-state index contributed by atoms with van der Waals surface area (Å²) in [6, 6.07) is 21.2. The Morgan fingerprint density at radius 2 is 1.78 bits per heavy atom. The van der Waals surface area contributed by atoms with E-state index >= 15 is 0 Å². The molecule has 4 aromatic rings. The van der Waals surface area contributed by atoms with Gasteiger partial charge in [-0.25, -0.2) is 13.4 Å². The van der Waals surface area contributed by atoms with E-state index in [9.17, 15) is 13.2 Å². The van der Waals surface area contributed by atoms with E-state index in [-0.39, 0.29) is 10.8 Å². The maximum Gasteiger partial charge on any atom is 0.260 e. The number of hydrogen-bond acceptors (Lipinski definition) is 5. The van der Waals surface area contributed by atoms with E-state index < -0.39 is 15.1 Å². The average molecular weight is 485 g/mol. The van der Waals surface area contributed by atoms with E-state index in [2.05, 4.69) is 4.98 Å². The molecule has 0 atom stereocenters. The molecule has 5 nitrogen and oxygen atoms in total. The Morgan fingerprint density at radius 3 is 2.50 bits per heavy atom. The van der Waals surface area contributed by atoms with Crippen molar-refractivity contribution in [2.24, 2.45) is 0 Å². The zero-order valence-corrected chi connectivity index (χ0v) is 19.9. The Hall–Kier alpha value is -2.74. The summed E-state index contributed by atoms with van der Waals surface area (Å²) in [4.78, 5) is 20.0. The van der Waals surface area contributed by atoms with Gasteiger partial charge in [0.1, 0.15) is 0 Å². The number of rotatable bonds is 6. The van der Waals surface area contributed by atoms with Gasteiger partial charge in [0.05, 0.1) is 26.9 Å². The van der Waals surface area contributed by atoms with Crippen molar-refractivity contribution in [3.63, 3.8) is 0 Å². The van der Waals surface area contributed by atoms with E-state index in [0.717, 1.165) is 15.8 Å². The molecule has 0 aliphatic rings. The fraction of sp³-hybridized carbons (Fsp3) is 0.167. The molecular formula is C24H21ClN2O3S2. The lowest BCUT2D eigenvalue weighted by molar-refractivity contribution is 0.0985. The minimum atomic E-state index is -3.51. The lowest BCUT2D eigenvalue weighted by Crippen LogP contribution is -2.30. The topological polar surface area (TPSA) is 67.3 Å². The summed E-state index contributed by atoms with van der Waals surface area (Å²) in [5.41, 5.74) is 1.97. The van der Waals surface area contributed by atoms with Crippen LogP contribution in [0.2, 0.25) is 5.02 Å². The van der Waals surface area contributed by atoms with Gasteiger partial charge in [0.2, 0.25) is 0 Å². The normalized spacial score (nSPS) is 11.8. The fourth-order valence-electron chi connectivity index (χ4n) is 3.23. The molecule has 0 aliphatic carbocycles. The first-order chi connectivity index (χ1) is 15.3. The van der Waals surface area contributed by atoms with Gasteiger partial charge in [-0.2, -0.15) is 0 Å². The molecule has 0 saturated carbocycles. The van der Waals surface area contributed by atoms with E-state index in [4.69, 9.17) is 11.6 Å². The van der Waals surface area contributed by atoms with E-state index in [1.165, 1.54) is 23.5 Å². The van der Waals surface area contributed by atoms with Gasteiger partial charge in [0.15, 0.2) is 15.0 Å². The van der Waals surface area contributed by atoms with Crippen molar-refractivity contribution in [3.8, 4) is 0 Å². The van der Waals surface area contributed by atoms with Crippen LogP contribution in [0.1, 0.15) is 29.8 Å². The fourth-order valence-corrected chi connectivity index (χ4v) is 5.57. The van der Waals surface area contributed by atoms with Crippen molar-refractivity contribution >= 4 is 54.0 Å². The average Bonchev–Trinajstić information content (AvgIpc) is 3.20. The molecule has 3 aromatic carbocycles. The molecule has 0 radical (unpaired) electrons. The van der Waals surface area contributed by atoms with Crippen LogP contribution in [0.25, 0.3) is 10.2 Å². The Bertz CT molecular complexity index is 1380. The highest BCUT2D eigenvalue weighted by molar-refractivity contribution is 7.92. The van der Waals surface area contributed by atoms with Crippen LogP contribution in [0, 0.1) is 0 Å². The summed E-state index contributed by atoms with van der Waals surface area (Å²) >= 11 is 7.49. The summed E-state index contributed by atoms with van der Waals surface area (Å²) in [7, 11) is -3.51. The second-order valence-corrected chi connectivity index (χ2v) is 11.6. The van der Waals surface area contributed by atoms with Gasteiger partial charge in [0.25, 0.3) is 5.91 Å². The molecule has 0 fully saturated rings. The van der Waals surface area contributed by atoms with Crippen LogP contribution in [-0.2, 0) is 16.4 Å². The van der Waals surface area contributed by atoms with Gasteiger partial charge in [-0.3, -0.25) is 9.69 Å². The van der Waals surface area contributed by atoms with Crippen LogP contribution < -0.4 is 4.90 Å². The molecule has 4 rings (SSSR count). The maximum atomic E-state index is 13.6. The molecule has 1 heterocycles. The molecular weight excluding hydrogens is 464 g/mol. The van der Waals surface area contributed by atoms with Gasteiger partial charge in [0, 0.05) is 10.6 Å². The molecule has 32 heavy (non-hydrogen) atoms. The van der Waals surface area contributed by atoms with Crippen LogP contribution in [-0.4, -0.2) is 24.6 Å². The number of carbonyl (C=O) groups is 1. The number of amides is 1. The molecule has 0 N–H and O–H groups in total. The molecule has 8 heteroatoms. The monoisotopic (exact) mass is 484 g/mol. The zero-order chi connectivity index (χ0) is 22.9. The molecule has 0 bridgehead atoms. The highest BCUT2D eigenvalue weighted by Crippen LogP contribution is 2.32. The number of benzene rings is 3. The lowest BCUT2D eigenvalue weighted by atomic mass is 10.1. The first-order valence-electron chi connectivity index (χ1n) is 10.0. The number of halogens is 1. The second kappa shape index (κ2) is 9.02. The molecule has 0 aliphatic heterocycles. The Balaban J connectivity index is 1.78. The van der Waals surface area contributed by atoms with Crippen LogP contribution >= 0.6 is 22.9 Å². The largest absolute Gasteiger partial charge is 0.279 e. The van der Waals surface area contributed by atoms with E-state index in [0.29, 0.717) is 22.3 Å². The molecule has 0 spiro atoms. The molecule has 0 saturated heterocycles. The predicted octanol–water partition coefficient (Wildman–Crippen LogP) is 5.98. The van der Waals surface area contributed by atoms with Crippen molar-refractivity contribution in [1.29, 1.82) is 0 Å². The second-order valence-electron chi connectivity index (χ2n) is 7.61. The van der Waals surface area contributed by atoms with Gasteiger partial charge >= 0.3 is 0 Å².